The molecule has 0 aliphatic heterocycles. The number of benzene rings is 3. The fourth-order valence-electron chi connectivity index (χ4n) is 2.72. The van der Waals surface area contributed by atoms with Crippen molar-refractivity contribution in [2.45, 2.75) is 9.79 Å². The second-order valence-electron chi connectivity index (χ2n) is 6.64. The lowest BCUT2D eigenvalue weighted by atomic mass is 10.2. The summed E-state index contributed by atoms with van der Waals surface area (Å²) in [6.45, 7) is 0. The number of carbonyl (C=O) groups excluding carboxylic acids is 1. The van der Waals surface area contributed by atoms with Crippen LogP contribution >= 0.6 is 55.1 Å². The van der Waals surface area contributed by atoms with Gasteiger partial charge in [-0.15, -0.1) is 0 Å². The van der Waals surface area contributed by atoms with Crippen LogP contribution in [0.15, 0.2) is 67.3 Å². The van der Waals surface area contributed by atoms with Crippen molar-refractivity contribution >= 4 is 92.4 Å². The average Bonchev–Trinajstić information content (AvgIpc) is 2.70. The van der Waals surface area contributed by atoms with Crippen LogP contribution in [0.3, 0.4) is 0 Å². The van der Waals surface area contributed by atoms with Crippen LogP contribution in [0.4, 0.5) is 15.8 Å². The Hall–Kier alpha value is -1.90. The van der Waals surface area contributed by atoms with E-state index < -0.39 is 42.2 Å². The largest absolute Gasteiger partial charge is 0.366 e. The molecular weight excluding hydrogens is 664 g/mol. The summed E-state index contributed by atoms with van der Waals surface area (Å²) in [5, 5.41) is 0.161. The van der Waals surface area contributed by atoms with Gasteiger partial charge in [-0.05, 0) is 80.4 Å². The zero-order chi connectivity index (χ0) is 25.4. The fourth-order valence-corrected chi connectivity index (χ4v) is 6.65. The maximum Gasteiger partial charge on any atom is 0.262 e. The third-order valence-electron chi connectivity index (χ3n) is 4.19. The lowest BCUT2D eigenvalue weighted by Crippen LogP contribution is -2.21. The molecule has 0 fully saturated rings. The minimum absolute atomic E-state index is 0.00519. The zero-order valence-corrected chi connectivity index (χ0v) is 22.8. The van der Waals surface area contributed by atoms with Crippen molar-refractivity contribution < 1.29 is 26.0 Å². The summed E-state index contributed by atoms with van der Waals surface area (Å²) < 4.78 is 69.5. The van der Waals surface area contributed by atoms with E-state index in [1.165, 1.54) is 12.1 Å². The van der Waals surface area contributed by atoms with Gasteiger partial charge in [0.25, 0.3) is 20.0 Å². The number of primary amides is 1. The van der Waals surface area contributed by atoms with E-state index in [2.05, 4.69) is 41.3 Å². The Morgan fingerprint density at radius 3 is 2.06 bits per heavy atom. The van der Waals surface area contributed by atoms with Gasteiger partial charge in [0.05, 0.1) is 20.6 Å². The van der Waals surface area contributed by atoms with Crippen molar-refractivity contribution in [2.75, 3.05) is 9.44 Å². The number of hydrogen-bond donors (Lipinski definition) is 3. The minimum Gasteiger partial charge on any atom is -0.366 e. The third-order valence-corrected chi connectivity index (χ3v) is 8.67. The lowest BCUT2D eigenvalue weighted by Gasteiger charge is -2.15. The Balaban J connectivity index is 2.00. The van der Waals surface area contributed by atoms with Gasteiger partial charge in [-0.2, -0.15) is 0 Å². The first-order chi connectivity index (χ1) is 15.7. The van der Waals surface area contributed by atoms with Crippen molar-refractivity contribution in [1.82, 2.24) is 0 Å². The number of anilines is 2. The Bertz CT molecular complexity index is 1520. The third kappa shape index (κ3) is 6.01. The number of rotatable bonds is 7. The summed E-state index contributed by atoms with van der Waals surface area (Å²) in [4.78, 5) is 11.2. The first-order valence-electron chi connectivity index (χ1n) is 8.80. The molecule has 0 heterocycles. The van der Waals surface area contributed by atoms with Gasteiger partial charge in [0.15, 0.2) is 0 Å². The highest BCUT2D eigenvalue weighted by Crippen LogP contribution is 2.32. The number of halogens is 5. The van der Waals surface area contributed by atoms with E-state index in [-0.39, 0.29) is 35.3 Å². The maximum atomic E-state index is 13.6. The first kappa shape index (κ1) is 26.7. The Morgan fingerprint density at radius 1 is 0.853 bits per heavy atom. The van der Waals surface area contributed by atoms with Crippen LogP contribution in [0, 0.1) is 5.82 Å². The van der Waals surface area contributed by atoms with E-state index in [4.69, 9.17) is 28.9 Å². The van der Waals surface area contributed by atoms with Crippen LogP contribution in [-0.2, 0) is 20.0 Å². The normalized spacial score (nSPS) is 11.8. The molecule has 1 amide bonds. The van der Waals surface area contributed by atoms with Crippen LogP contribution in [0.5, 0.6) is 0 Å². The van der Waals surface area contributed by atoms with E-state index in [1.807, 2.05) is 0 Å². The molecule has 3 aromatic rings. The van der Waals surface area contributed by atoms with Crippen LogP contribution in [0.2, 0.25) is 10.0 Å². The van der Waals surface area contributed by atoms with Crippen molar-refractivity contribution in [3.05, 3.63) is 78.9 Å². The number of amides is 1. The molecule has 0 saturated carbocycles. The molecule has 8 nitrogen and oxygen atoms in total. The number of sulfonamides is 2. The van der Waals surface area contributed by atoms with Gasteiger partial charge in [-0.25, -0.2) is 21.2 Å². The zero-order valence-electron chi connectivity index (χ0n) is 16.4. The standard InChI is InChI=1S/C19H12Br2Cl2FN3O5S2/c20-14-8-17(15(21)7-16(14)24)27-34(31,32)18-2-1-11(6-13(18)19(25)28)26-33(29,30)12-4-9(22)3-10(23)5-12/h1-8,26-27H,(H2,25,28). The van der Waals surface area contributed by atoms with E-state index in [0.29, 0.717) is 0 Å². The molecule has 180 valence electrons. The quantitative estimate of drug-likeness (QED) is 0.290. The second-order valence-corrected chi connectivity index (χ2v) is 12.6. The number of carbonyl (C=O) groups is 1. The molecule has 0 bridgehead atoms. The Labute approximate surface area is 221 Å². The molecule has 0 radical (unpaired) electrons. The number of nitrogens with one attached hydrogen (secondary N) is 2. The minimum atomic E-state index is -4.40. The van der Waals surface area contributed by atoms with Gasteiger partial charge in [0.1, 0.15) is 10.7 Å². The molecule has 3 rings (SSSR count). The molecule has 34 heavy (non-hydrogen) atoms. The molecule has 15 heteroatoms. The molecule has 0 atom stereocenters. The topological polar surface area (TPSA) is 135 Å². The molecule has 0 aliphatic carbocycles. The summed E-state index contributed by atoms with van der Waals surface area (Å²) >= 11 is 17.7. The Kier molecular flexibility index (Phi) is 7.85. The van der Waals surface area contributed by atoms with Crippen LogP contribution < -0.4 is 15.2 Å². The van der Waals surface area contributed by atoms with Crippen LogP contribution in [0.25, 0.3) is 0 Å². The molecule has 0 spiro atoms. The fraction of sp³-hybridized carbons (Fsp3) is 0. The van der Waals surface area contributed by atoms with Gasteiger partial charge < -0.3 is 5.73 Å². The van der Waals surface area contributed by atoms with Crippen LogP contribution in [0.1, 0.15) is 10.4 Å². The maximum absolute atomic E-state index is 13.6. The molecule has 4 N–H and O–H groups in total. The molecular formula is C19H12Br2Cl2FN3O5S2. The van der Waals surface area contributed by atoms with E-state index in [9.17, 15) is 26.0 Å². The first-order valence-corrected chi connectivity index (χ1v) is 14.1. The van der Waals surface area contributed by atoms with E-state index in [0.717, 1.165) is 36.4 Å². The van der Waals surface area contributed by atoms with Crippen molar-refractivity contribution in [3.63, 3.8) is 0 Å². The van der Waals surface area contributed by atoms with Crippen molar-refractivity contribution in [3.8, 4) is 0 Å². The molecule has 0 saturated heterocycles. The summed E-state index contributed by atoms with van der Waals surface area (Å²) in [5.41, 5.74) is 4.69. The van der Waals surface area contributed by atoms with Crippen molar-refractivity contribution in [1.29, 1.82) is 0 Å². The summed E-state index contributed by atoms with van der Waals surface area (Å²) in [5.74, 6) is -1.77. The highest BCUT2D eigenvalue weighted by molar-refractivity contribution is 9.11. The van der Waals surface area contributed by atoms with Gasteiger partial charge in [-0.3, -0.25) is 14.2 Å². The monoisotopic (exact) mass is 673 g/mol. The van der Waals surface area contributed by atoms with Gasteiger partial charge in [-0.1, -0.05) is 23.2 Å². The second kappa shape index (κ2) is 9.99. The summed E-state index contributed by atoms with van der Waals surface area (Å²) in [6, 6.07) is 8.97. The van der Waals surface area contributed by atoms with Gasteiger partial charge in [0, 0.05) is 20.2 Å². The predicted octanol–water partition coefficient (Wildman–Crippen LogP) is 5.36. The Morgan fingerprint density at radius 2 is 1.47 bits per heavy atom. The molecule has 0 aromatic heterocycles. The molecule has 0 unspecified atom stereocenters. The lowest BCUT2D eigenvalue weighted by molar-refractivity contribution is 0.0997. The number of nitrogens with two attached hydrogens (primary N) is 1. The van der Waals surface area contributed by atoms with Crippen molar-refractivity contribution in [2.24, 2.45) is 5.73 Å². The predicted molar refractivity (Wildman–Crippen MR) is 135 cm³/mol. The smallest absolute Gasteiger partial charge is 0.262 e. The summed E-state index contributed by atoms with van der Waals surface area (Å²) in [7, 11) is -8.60. The van der Waals surface area contributed by atoms with Crippen LogP contribution in [-0.4, -0.2) is 22.7 Å². The molecule has 3 aromatic carbocycles. The van der Waals surface area contributed by atoms with Gasteiger partial charge in [0.2, 0.25) is 5.91 Å². The number of hydrogen-bond acceptors (Lipinski definition) is 5. The highest BCUT2D eigenvalue weighted by Gasteiger charge is 2.25. The average molecular weight is 676 g/mol. The van der Waals surface area contributed by atoms with E-state index in [1.54, 1.807) is 0 Å². The van der Waals surface area contributed by atoms with E-state index >= 15 is 0 Å². The SMILES string of the molecule is NC(=O)c1cc(NS(=O)(=O)c2cc(Cl)cc(Cl)c2)ccc1S(=O)(=O)Nc1cc(Br)c(F)cc1Br. The highest BCUT2D eigenvalue weighted by atomic mass is 79.9. The van der Waals surface area contributed by atoms with Gasteiger partial charge >= 0.3 is 0 Å². The summed E-state index contributed by atoms with van der Waals surface area (Å²) in [6.07, 6.45) is 0. The molecule has 0 aliphatic rings.